The van der Waals surface area contributed by atoms with Crippen molar-refractivity contribution >= 4 is 43.5 Å². The van der Waals surface area contributed by atoms with Gasteiger partial charge in [-0.3, -0.25) is 9.59 Å². The van der Waals surface area contributed by atoms with Crippen LogP contribution in [0, 0.1) is 0 Å². The molecular weight excluding hydrogens is 352 g/mol. The minimum Gasteiger partial charge on any atom is -0.398 e. The molecule has 10 heteroatoms. The first kappa shape index (κ1) is 16.4. The normalized spacial score (nSPS) is 11.5. The molecule has 0 bridgehead atoms. The summed E-state index contributed by atoms with van der Waals surface area (Å²) in [4.78, 5) is 21.7. The number of carbonyl (C=O) groups excluding carboxylic acids is 2. The lowest BCUT2D eigenvalue weighted by Gasteiger charge is -2.19. The molecule has 1 aromatic rings. The van der Waals surface area contributed by atoms with E-state index in [1.54, 1.807) is 0 Å². The standard InChI is InChI=1S/C10H13BrN4O4S/c11-7-3-6(1-2-8(7)12)20(18,19)15(4-9(13)16)5-10(14)17/h1-3H,4-5,12H2,(H2,13,16)(H2,14,17). The SMILES string of the molecule is NC(=O)CN(CC(N)=O)S(=O)(=O)c1ccc(N)c(Br)c1. The van der Waals surface area contributed by atoms with Crippen LogP contribution in [-0.4, -0.2) is 37.6 Å². The van der Waals surface area contributed by atoms with Gasteiger partial charge < -0.3 is 17.2 Å². The van der Waals surface area contributed by atoms with Crippen LogP contribution in [0.2, 0.25) is 0 Å². The second-order valence-electron chi connectivity index (χ2n) is 3.89. The molecule has 0 atom stereocenters. The van der Waals surface area contributed by atoms with E-state index >= 15 is 0 Å². The summed E-state index contributed by atoms with van der Waals surface area (Å²) in [7, 11) is -4.08. The van der Waals surface area contributed by atoms with Crippen LogP contribution in [0.1, 0.15) is 0 Å². The number of nitrogens with two attached hydrogens (primary N) is 3. The van der Waals surface area contributed by atoms with Gasteiger partial charge >= 0.3 is 0 Å². The van der Waals surface area contributed by atoms with Crippen molar-refractivity contribution in [1.29, 1.82) is 0 Å². The van der Waals surface area contributed by atoms with Crippen LogP contribution >= 0.6 is 15.9 Å². The molecule has 0 spiro atoms. The van der Waals surface area contributed by atoms with Crippen molar-refractivity contribution < 1.29 is 18.0 Å². The maximum atomic E-state index is 12.3. The summed E-state index contributed by atoms with van der Waals surface area (Å²) in [5.74, 6) is -1.80. The summed E-state index contributed by atoms with van der Waals surface area (Å²) in [6, 6.07) is 3.90. The molecule has 0 saturated heterocycles. The fraction of sp³-hybridized carbons (Fsp3) is 0.200. The summed E-state index contributed by atoms with van der Waals surface area (Å²) < 4.78 is 25.6. The van der Waals surface area contributed by atoms with Crippen LogP contribution in [0.3, 0.4) is 0 Å². The zero-order chi connectivity index (χ0) is 15.5. The number of primary amides is 2. The van der Waals surface area contributed by atoms with Crippen LogP contribution in [0.15, 0.2) is 27.6 Å². The lowest BCUT2D eigenvalue weighted by Crippen LogP contribution is -2.43. The van der Waals surface area contributed by atoms with Gasteiger partial charge in [-0.05, 0) is 34.1 Å². The Morgan fingerprint density at radius 3 is 2.05 bits per heavy atom. The summed E-state index contributed by atoms with van der Waals surface area (Å²) in [6.45, 7) is -1.29. The molecule has 0 aliphatic heterocycles. The van der Waals surface area contributed by atoms with Crippen molar-refractivity contribution in [2.45, 2.75) is 4.90 Å². The summed E-state index contributed by atoms with van der Waals surface area (Å²) in [5.41, 5.74) is 15.9. The van der Waals surface area contributed by atoms with Crippen molar-refractivity contribution in [2.75, 3.05) is 18.8 Å². The number of anilines is 1. The Morgan fingerprint density at radius 1 is 1.15 bits per heavy atom. The number of rotatable bonds is 6. The molecule has 20 heavy (non-hydrogen) atoms. The molecule has 0 unspecified atom stereocenters. The van der Waals surface area contributed by atoms with Gasteiger partial charge in [0.2, 0.25) is 21.8 Å². The molecule has 0 saturated carbocycles. The average Bonchev–Trinajstić information content (AvgIpc) is 2.30. The van der Waals surface area contributed by atoms with E-state index in [0.29, 0.717) is 14.5 Å². The van der Waals surface area contributed by atoms with Crippen LogP contribution in [-0.2, 0) is 19.6 Å². The Kier molecular flexibility index (Phi) is 5.09. The van der Waals surface area contributed by atoms with E-state index in [9.17, 15) is 18.0 Å². The highest BCUT2D eigenvalue weighted by atomic mass is 79.9. The van der Waals surface area contributed by atoms with Gasteiger partial charge in [0, 0.05) is 10.2 Å². The summed E-state index contributed by atoms with van der Waals surface area (Å²) in [6.07, 6.45) is 0. The number of sulfonamides is 1. The van der Waals surface area contributed by atoms with Gasteiger partial charge in [-0.15, -0.1) is 0 Å². The molecule has 1 aromatic carbocycles. The smallest absolute Gasteiger partial charge is 0.244 e. The third-order valence-electron chi connectivity index (χ3n) is 2.27. The fourth-order valence-electron chi connectivity index (χ4n) is 1.39. The molecule has 0 radical (unpaired) electrons. The lowest BCUT2D eigenvalue weighted by atomic mass is 10.3. The number of nitrogens with zero attached hydrogens (tertiary/aromatic N) is 1. The number of nitrogen functional groups attached to an aromatic ring is 1. The molecule has 0 aliphatic carbocycles. The highest BCUT2D eigenvalue weighted by Gasteiger charge is 2.27. The number of benzene rings is 1. The van der Waals surface area contributed by atoms with Gasteiger partial charge in [0.25, 0.3) is 0 Å². The molecule has 0 aromatic heterocycles. The second-order valence-corrected chi connectivity index (χ2v) is 6.68. The molecular formula is C10H13BrN4O4S. The first-order valence-electron chi connectivity index (χ1n) is 5.26. The maximum absolute atomic E-state index is 12.3. The molecule has 0 aliphatic rings. The van der Waals surface area contributed by atoms with Crippen molar-refractivity contribution in [3.8, 4) is 0 Å². The zero-order valence-electron chi connectivity index (χ0n) is 10.2. The van der Waals surface area contributed by atoms with Gasteiger partial charge in [-0.25, -0.2) is 8.42 Å². The number of carbonyl (C=O) groups is 2. The minimum absolute atomic E-state index is 0.138. The molecule has 6 N–H and O–H groups in total. The van der Waals surface area contributed by atoms with Crippen LogP contribution < -0.4 is 17.2 Å². The van der Waals surface area contributed by atoms with Gasteiger partial charge in [0.05, 0.1) is 18.0 Å². The van der Waals surface area contributed by atoms with Gasteiger partial charge in [-0.1, -0.05) is 0 Å². The average molecular weight is 365 g/mol. The quantitative estimate of drug-likeness (QED) is 0.552. The van der Waals surface area contributed by atoms with Crippen molar-refractivity contribution in [3.63, 3.8) is 0 Å². The molecule has 0 fully saturated rings. The van der Waals surface area contributed by atoms with Gasteiger partial charge in [0.1, 0.15) is 0 Å². The Morgan fingerprint density at radius 2 is 1.65 bits per heavy atom. The minimum atomic E-state index is -4.08. The van der Waals surface area contributed by atoms with Crippen LogP contribution in [0.4, 0.5) is 5.69 Å². The van der Waals surface area contributed by atoms with Crippen molar-refractivity contribution in [3.05, 3.63) is 22.7 Å². The van der Waals surface area contributed by atoms with E-state index in [2.05, 4.69) is 15.9 Å². The van der Waals surface area contributed by atoms with Gasteiger partial charge in [-0.2, -0.15) is 4.31 Å². The topological polar surface area (TPSA) is 150 Å². The number of hydrogen-bond acceptors (Lipinski definition) is 5. The molecule has 110 valence electrons. The second kappa shape index (κ2) is 6.20. The Bertz CT molecular complexity index is 631. The first-order valence-corrected chi connectivity index (χ1v) is 7.49. The van der Waals surface area contributed by atoms with Crippen molar-refractivity contribution in [1.82, 2.24) is 4.31 Å². The molecule has 0 heterocycles. The van der Waals surface area contributed by atoms with E-state index < -0.39 is 34.9 Å². The van der Waals surface area contributed by atoms with E-state index in [-0.39, 0.29) is 4.90 Å². The monoisotopic (exact) mass is 364 g/mol. The molecule has 2 amide bonds. The van der Waals surface area contributed by atoms with E-state index in [0.717, 1.165) is 0 Å². The summed E-state index contributed by atoms with van der Waals surface area (Å²) >= 11 is 3.10. The molecule has 1 rings (SSSR count). The van der Waals surface area contributed by atoms with E-state index in [1.807, 2.05) is 0 Å². The maximum Gasteiger partial charge on any atom is 0.244 e. The largest absolute Gasteiger partial charge is 0.398 e. The third kappa shape index (κ3) is 3.92. The van der Waals surface area contributed by atoms with Crippen LogP contribution in [0.25, 0.3) is 0 Å². The lowest BCUT2D eigenvalue weighted by molar-refractivity contribution is -0.120. The van der Waals surface area contributed by atoms with Crippen LogP contribution in [0.5, 0.6) is 0 Å². The number of halogens is 1. The predicted molar refractivity (Wildman–Crippen MR) is 75.7 cm³/mol. The Labute approximate surface area is 124 Å². The Hall–Kier alpha value is -1.65. The summed E-state index contributed by atoms with van der Waals surface area (Å²) in [5, 5.41) is 0. The highest BCUT2D eigenvalue weighted by Crippen LogP contribution is 2.24. The predicted octanol–water partition coefficient (Wildman–Crippen LogP) is -1.01. The molecule has 8 nitrogen and oxygen atoms in total. The van der Waals surface area contributed by atoms with E-state index in [4.69, 9.17) is 17.2 Å². The number of amides is 2. The van der Waals surface area contributed by atoms with E-state index in [1.165, 1.54) is 18.2 Å². The highest BCUT2D eigenvalue weighted by molar-refractivity contribution is 9.10. The van der Waals surface area contributed by atoms with Gasteiger partial charge in [0.15, 0.2) is 0 Å². The first-order chi connectivity index (χ1) is 9.14. The third-order valence-corrected chi connectivity index (χ3v) is 4.75. The number of hydrogen-bond donors (Lipinski definition) is 3. The zero-order valence-corrected chi connectivity index (χ0v) is 12.6. The Balaban J connectivity index is 3.24. The van der Waals surface area contributed by atoms with Crippen molar-refractivity contribution in [2.24, 2.45) is 11.5 Å². The fourth-order valence-corrected chi connectivity index (χ4v) is 3.32.